The fourth-order valence-electron chi connectivity index (χ4n) is 1.77. The second-order valence-corrected chi connectivity index (χ2v) is 3.76. The standard InChI is InChI=1S/C12H16N4O4/c1-19-9-5-3-4-8(11(9)20-2)10(12(17)18)14-6-7-15-16-13/h3-5,10,14H,6-7H2,1-2H3,(H,17,18). The number of ether oxygens (including phenoxy) is 2. The maximum Gasteiger partial charge on any atom is 0.325 e. The summed E-state index contributed by atoms with van der Waals surface area (Å²) >= 11 is 0. The molecule has 0 aliphatic carbocycles. The summed E-state index contributed by atoms with van der Waals surface area (Å²) in [5, 5.41) is 15.4. The van der Waals surface area contributed by atoms with Crippen LogP contribution in [0.4, 0.5) is 0 Å². The second kappa shape index (κ2) is 7.88. The Morgan fingerprint density at radius 1 is 1.50 bits per heavy atom. The van der Waals surface area contributed by atoms with Gasteiger partial charge in [0.15, 0.2) is 11.5 Å². The molecule has 0 radical (unpaired) electrons. The molecule has 8 nitrogen and oxygen atoms in total. The molecule has 0 saturated carbocycles. The summed E-state index contributed by atoms with van der Waals surface area (Å²) in [4.78, 5) is 14.0. The first kappa shape index (κ1) is 15.6. The lowest BCUT2D eigenvalue weighted by atomic mass is 10.0. The Morgan fingerprint density at radius 3 is 2.80 bits per heavy atom. The SMILES string of the molecule is COc1cccc(C(NCCN=[N+]=[N-])C(=O)O)c1OC. The molecular weight excluding hydrogens is 264 g/mol. The van der Waals surface area contributed by atoms with Crippen molar-refractivity contribution in [3.05, 3.63) is 34.2 Å². The van der Waals surface area contributed by atoms with Gasteiger partial charge in [-0.3, -0.25) is 4.79 Å². The summed E-state index contributed by atoms with van der Waals surface area (Å²) in [5.74, 6) is -0.246. The molecule has 20 heavy (non-hydrogen) atoms. The van der Waals surface area contributed by atoms with Crippen molar-refractivity contribution in [1.29, 1.82) is 0 Å². The molecule has 108 valence electrons. The lowest BCUT2D eigenvalue weighted by molar-refractivity contribution is -0.139. The molecule has 0 spiro atoms. The summed E-state index contributed by atoms with van der Waals surface area (Å²) in [7, 11) is 2.92. The Morgan fingerprint density at radius 2 is 2.25 bits per heavy atom. The van der Waals surface area contributed by atoms with Gasteiger partial charge in [0, 0.05) is 23.6 Å². The van der Waals surface area contributed by atoms with E-state index in [-0.39, 0.29) is 13.1 Å². The Balaban J connectivity index is 3.02. The van der Waals surface area contributed by atoms with E-state index in [1.54, 1.807) is 18.2 Å². The third-order valence-electron chi connectivity index (χ3n) is 2.61. The minimum absolute atomic E-state index is 0.159. The van der Waals surface area contributed by atoms with Crippen molar-refractivity contribution in [2.24, 2.45) is 5.11 Å². The molecule has 2 N–H and O–H groups in total. The number of azide groups is 1. The van der Waals surface area contributed by atoms with E-state index in [0.29, 0.717) is 17.1 Å². The fraction of sp³-hybridized carbons (Fsp3) is 0.417. The van der Waals surface area contributed by atoms with Crippen LogP contribution in [0.25, 0.3) is 10.4 Å². The van der Waals surface area contributed by atoms with E-state index in [4.69, 9.17) is 15.0 Å². The first-order valence-corrected chi connectivity index (χ1v) is 5.83. The normalized spacial score (nSPS) is 11.3. The second-order valence-electron chi connectivity index (χ2n) is 3.76. The van der Waals surface area contributed by atoms with Crippen LogP contribution >= 0.6 is 0 Å². The van der Waals surface area contributed by atoms with E-state index < -0.39 is 12.0 Å². The van der Waals surface area contributed by atoms with Crippen LogP contribution in [0.15, 0.2) is 23.3 Å². The number of benzene rings is 1. The summed E-state index contributed by atoms with van der Waals surface area (Å²) in [6.45, 7) is 0.397. The zero-order valence-corrected chi connectivity index (χ0v) is 11.2. The number of rotatable bonds is 8. The van der Waals surface area contributed by atoms with Gasteiger partial charge in [0.2, 0.25) is 0 Å². The topological polar surface area (TPSA) is 117 Å². The molecule has 1 unspecified atom stereocenters. The molecule has 1 aromatic rings. The molecule has 1 rings (SSSR count). The number of methoxy groups -OCH3 is 2. The maximum atomic E-state index is 11.4. The van der Waals surface area contributed by atoms with Gasteiger partial charge in [0.1, 0.15) is 6.04 Å². The predicted octanol–water partition coefficient (Wildman–Crippen LogP) is 1.73. The number of hydrogen-bond donors (Lipinski definition) is 2. The van der Waals surface area contributed by atoms with Crippen molar-refractivity contribution < 1.29 is 19.4 Å². The van der Waals surface area contributed by atoms with Gasteiger partial charge in [-0.25, -0.2) is 0 Å². The average molecular weight is 280 g/mol. The van der Waals surface area contributed by atoms with Crippen LogP contribution in [0.3, 0.4) is 0 Å². The lowest BCUT2D eigenvalue weighted by Gasteiger charge is -2.18. The van der Waals surface area contributed by atoms with Crippen LogP contribution in [-0.4, -0.2) is 38.4 Å². The van der Waals surface area contributed by atoms with Gasteiger partial charge in [-0.2, -0.15) is 0 Å². The number of aliphatic carboxylic acids is 1. The molecule has 1 atom stereocenters. The minimum Gasteiger partial charge on any atom is -0.493 e. The van der Waals surface area contributed by atoms with Crippen LogP contribution in [-0.2, 0) is 4.79 Å². The van der Waals surface area contributed by atoms with Crippen LogP contribution in [0.2, 0.25) is 0 Å². The quantitative estimate of drug-likeness (QED) is 0.325. The van der Waals surface area contributed by atoms with Gasteiger partial charge in [0.05, 0.1) is 14.2 Å². The molecule has 0 aliphatic heterocycles. The van der Waals surface area contributed by atoms with Gasteiger partial charge < -0.3 is 19.9 Å². The molecule has 0 aromatic heterocycles. The van der Waals surface area contributed by atoms with Gasteiger partial charge in [-0.15, -0.1) is 0 Å². The van der Waals surface area contributed by atoms with E-state index in [2.05, 4.69) is 15.3 Å². The number of nitrogens with zero attached hydrogens (tertiary/aromatic N) is 3. The smallest absolute Gasteiger partial charge is 0.325 e. The van der Waals surface area contributed by atoms with Crippen molar-refractivity contribution in [1.82, 2.24) is 5.32 Å². The monoisotopic (exact) mass is 280 g/mol. The van der Waals surface area contributed by atoms with Crippen LogP contribution < -0.4 is 14.8 Å². The van der Waals surface area contributed by atoms with Crippen LogP contribution in [0.5, 0.6) is 11.5 Å². The largest absolute Gasteiger partial charge is 0.493 e. The lowest BCUT2D eigenvalue weighted by Crippen LogP contribution is -2.30. The van der Waals surface area contributed by atoms with E-state index in [1.165, 1.54) is 14.2 Å². The Labute approximate surface area is 115 Å². The predicted molar refractivity (Wildman–Crippen MR) is 71.9 cm³/mol. The van der Waals surface area contributed by atoms with E-state index in [9.17, 15) is 9.90 Å². The van der Waals surface area contributed by atoms with Gasteiger partial charge in [-0.1, -0.05) is 17.2 Å². The Hall–Kier alpha value is -2.44. The third kappa shape index (κ3) is 3.78. The molecule has 0 heterocycles. The minimum atomic E-state index is -1.06. The van der Waals surface area contributed by atoms with Crippen molar-refractivity contribution in [2.45, 2.75) is 6.04 Å². The number of carboxylic acids is 1. The van der Waals surface area contributed by atoms with E-state index in [1.807, 2.05) is 0 Å². The molecule has 0 bridgehead atoms. The summed E-state index contributed by atoms with van der Waals surface area (Å²) in [6.07, 6.45) is 0. The van der Waals surface area contributed by atoms with E-state index >= 15 is 0 Å². The first-order valence-electron chi connectivity index (χ1n) is 5.83. The molecule has 8 heteroatoms. The first-order chi connectivity index (χ1) is 9.65. The van der Waals surface area contributed by atoms with Gasteiger partial charge in [-0.05, 0) is 11.6 Å². The number of carbonyl (C=O) groups is 1. The molecular formula is C12H16N4O4. The van der Waals surface area contributed by atoms with Crippen molar-refractivity contribution in [3.63, 3.8) is 0 Å². The third-order valence-corrected chi connectivity index (χ3v) is 2.61. The number of para-hydroxylation sites is 1. The highest BCUT2D eigenvalue weighted by Gasteiger charge is 2.24. The molecule has 0 aliphatic rings. The summed E-state index contributed by atoms with van der Waals surface area (Å²) in [5.41, 5.74) is 8.63. The summed E-state index contributed by atoms with van der Waals surface area (Å²) in [6, 6.07) is 4.03. The van der Waals surface area contributed by atoms with E-state index in [0.717, 1.165) is 0 Å². The Kier molecular flexibility index (Phi) is 6.15. The Bertz CT molecular complexity index is 514. The fourth-order valence-corrected chi connectivity index (χ4v) is 1.77. The molecule has 0 saturated heterocycles. The van der Waals surface area contributed by atoms with Crippen molar-refractivity contribution >= 4 is 5.97 Å². The number of hydrogen-bond acceptors (Lipinski definition) is 5. The zero-order valence-electron chi connectivity index (χ0n) is 11.2. The van der Waals surface area contributed by atoms with Gasteiger partial charge in [0.25, 0.3) is 0 Å². The van der Waals surface area contributed by atoms with Gasteiger partial charge >= 0.3 is 5.97 Å². The number of nitrogens with one attached hydrogen (secondary N) is 1. The highest BCUT2D eigenvalue weighted by Crippen LogP contribution is 2.34. The van der Waals surface area contributed by atoms with Crippen LogP contribution in [0, 0.1) is 0 Å². The molecule has 0 fully saturated rings. The summed E-state index contributed by atoms with van der Waals surface area (Å²) < 4.78 is 10.4. The molecule has 0 amide bonds. The molecule has 1 aromatic carbocycles. The highest BCUT2D eigenvalue weighted by atomic mass is 16.5. The average Bonchev–Trinajstić information content (AvgIpc) is 2.46. The maximum absolute atomic E-state index is 11.4. The van der Waals surface area contributed by atoms with Crippen LogP contribution in [0.1, 0.15) is 11.6 Å². The zero-order chi connectivity index (χ0) is 15.0. The van der Waals surface area contributed by atoms with Crippen molar-refractivity contribution in [3.8, 4) is 11.5 Å². The number of carboxylic acid groups (broad SMARTS) is 1. The highest BCUT2D eigenvalue weighted by molar-refractivity contribution is 5.77. The van der Waals surface area contributed by atoms with Crippen molar-refractivity contribution in [2.75, 3.05) is 27.3 Å².